The van der Waals surface area contributed by atoms with Gasteiger partial charge in [0.25, 0.3) is 10.0 Å². The first-order chi connectivity index (χ1) is 16.6. The maximum absolute atomic E-state index is 13.7. The van der Waals surface area contributed by atoms with E-state index in [4.69, 9.17) is 11.6 Å². The number of piperazine rings is 1. The number of hydrogen-bond donors (Lipinski definition) is 0. The number of amides is 1. The van der Waals surface area contributed by atoms with Crippen LogP contribution in [0.5, 0.6) is 0 Å². The van der Waals surface area contributed by atoms with Crippen LogP contribution in [0.4, 0.5) is 11.4 Å². The summed E-state index contributed by atoms with van der Waals surface area (Å²) in [5.41, 5.74) is 4.35. The van der Waals surface area contributed by atoms with E-state index in [9.17, 15) is 13.2 Å². The monoisotopic (exact) mass is 511 g/mol. The van der Waals surface area contributed by atoms with Gasteiger partial charge in [0.15, 0.2) is 0 Å². The van der Waals surface area contributed by atoms with E-state index >= 15 is 0 Å². The highest BCUT2D eigenvalue weighted by Gasteiger charge is 2.30. The first-order valence-corrected chi connectivity index (χ1v) is 13.4. The fraction of sp³-hybridized carbons (Fsp3) is 0.296. The largest absolute Gasteiger partial charge is 0.368 e. The zero-order chi connectivity index (χ0) is 25.2. The van der Waals surface area contributed by atoms with Crippen molar-refractivity contribution >= 4 is 38.9 Å². The summed E-state index contributed by atoms with van der Waals surface area (Å²) < 4.78 is 28.6. The number of carbonyl (C=O) groups excluding carboxylic acids is 1. The first kappa shape index (κ1) is 25.1. The second kappa shape index (κ2) is 10.3. The molecule has 0 aromatic heterocycles. The van der Waals surface area contributed by atoms with Crippen LogP contribution >= 0.6 is 11.6 Å². The molecule has 35 heavy (non-hydrogen) atoms. The lowest BCUT2D eigenvalue weighted by Gasteiger charge is -2.37. The van der Waals surface area contributed by atoms with Crippen LogP contribution in [0.15, 0.2) is 71.6 Å². The summed E-state index contributed by atoms with van der Waals surface area (Å²) in [4.78, 5) is 17.4. The van der Waals surface area contributed by atoms with Crippen LogP contribution in [0.1, 0.15) is 16.7 Å². The minimum absolute atomic E-state index is 0.167. The summed E-state index contributed by atoms with van der Waals surface area (Å²) in [6.07, 6.45) is 0. The fourth-order valence-electron chi connectivity index (χ4n) is 4.36. The Hall–Kier alpha value is -3.03. The van der Waals surface area contributed by atoms with Crippen LogP contribution in [0.25, 0.3) is 0 Å². The van der Waals surface area contributed by atoms with E-state index in [2.05, 4.69) is 4.90 Å². The molecule has 6 nitrogen and oxygen atoms in total. The quantitative estimate of drug-likeness (QED) is 0.476. The van der Waals surface area contributed by atoms with Crippen molar-refractivity contribution in [2.75, 3.05) is 41.9 Å². The van der Waals surface area contributed by atoms with E-state index in [1.165, 1.54) is 4.31 Å². The Morgan fingerprint density at radius 3 is 2.09 bits per heavy atom. The van der Waals surface area contributed by atoms with E-state index in [1.54, 1.807) is 29.2 Å². The summed E-state index contributed by atoms with van der Waals surface area (Å²) in [6, 6.07) is 20.0. The molecule has 1 amide bonds. The van der Waals surface area contributed by atoms with E-state index < -0.39 is 10.0 Å². The molecule has 0 aliphatic carbocycles. The second-order valence-electron chi connectivity index (χ2n) is 9.02. The molecular formula is C27H30ClN3O3S. The Morgan fingerprint density at radius 1 is 0.857 bits per heavy atom. The first-order valence-electron chi connectivity index (χ1n) is 11.6. The van der Waals surface area contributed by atoms with Gasteiger partial charge in [-0.1, -0.05) is 41.4 Å². The molecular weight excluding hydrogens is 482 g/mol. The van der Waals surface area contributed by atoms with Gasteiger partial charge >= 0.3 is 0 Å². The van der Waals surface area contributed by atoms with Crippen molar-refractivity contribution in [3.8, 4) is 0 Å². The molecule has 8 heteroatoms. The van der Waals surface area contributed by atoms with E-state index in [0.717, 1.165) is 22.4 Å². The van der Waals surface area contributed by atoms with Crippen LogP contribution in [-0.2, 0) is 14.8 Å². The van der Waals surface area contributed by atoms with Gasteiger partial charge in [-0.3, -0.25) is 9.10 Å². The third-order valence-corrected chi connectivity index (χ3v) is 8.21. The standard InChI is InChI=1S/C27H30ClN3O3S/c1-20-7-9-26(10-8-20)35(33,34)31(25-16-21(2)15-22(3)17-25)19-27(32)30-13-11-29(12-14-30)24-6-4-5-23(28)18-24/h4-10,15-18H,11-14,19H2,1-3H3. The molecule has 1 aliphatic rings. The van der Waals surface area contributed by atoms with Crippen molar-refractivity contribution in [1.29, 1.82) is 0 Å². The van der Waals surface area contributed by atoms with Crippen LogP contribution in [0, 0.1) is 20.8 Å². The van der Waals surface area contributed by atoms with E-state index in [1.807, 2.05) is 63.2 Å². The Bertz CT molecular complexity index is 1300. The van der Waals surface area contributed by atoms with Gasteiger partial charge in [0.05, 0.1) is 10.6 Å². The normalized spacial score (nSPS) is 14.2. The van der Waals surface area contributed by atoms with Crippen LogP contribution in [0.3, 0.4) is 0 Å². The molecule has 0 spiro atoms. The lowest BCUT2D eigenvalue weighted by atomic mass is 10.1. The van der Waals surface area contributed by atoms with Gasteiger partial charge in [-0.2, -0.15) is 0 Å². The summed E-state index contributed by atoms with van der Waals surface area (Å²) >= 11 is 6.13. The maximum atomic E-state index is 13.7. The minimum atomic E-state index is -3.94. The number of benzene rings is 3. The van der Waals surface area contributed by atoms with Gasteiger partial charge < -0.3 is 9.80 Å². The molecule has 3 aromatic rings. The van der Waals surface area contributed by atoms with Crippen LogP contribution < -0.4 is 9.21 Å². The Labute approximate surface area is 212 Å². The van der Waals surface area contributed by atoms with Gasteiger partial charge in [0, 0.05) is 36.9 Å². The van der Waals surface area contributed by atoms with E-state index in [0.29, 0.717) is 36.9 Å². The lowest BCUT2D eigenvalue weighted by Crippen LogP contribution is -2.52. The Balaban J connectivity index is 1.56. The predicted molar refractivity (Wildman–Crippen MR) is 142 cm³/mol. The molecule has 3 aromatic carbocycles. The van der Waals surface area contributed by atoms with Crippen molar-refractivity contribution in [3.05, 3.63) is 88.4 Å². The SMILES string of the molecule is Cc1ccc(S(=O)(=O)N(CC(=O)N2CCN(c3cccc(Cl)c3)CC2)c2cc(C)cc(C)c2)cc1. The Kier molecular flexibility index (Phi) is 7.38. The lowest BCUT2D eigenvalue weighted by molar-refractivity contribution is -0.129. The van der Waals surface area contributed by atoms with Crippen molar-refractivity contribution in [2.45, 2.75) is 25.7 Å². The third kappa shape index (κ3) is 5.80. The summed E-state index contributed by atoms with van der Waals surface area (Å²) in [7, 11) is -3.94. The molecule has 1 heterocycles. The topological polar surface area (TPSA) is 60.9 Å². The van der Waals surface area contributed by atoms with Gasteiger partial charge in [-0.25, -0.2) is 8.42 Å². The summed E-state index contributed by atoms with van der Waals surface area (Å²) in [5, 5.41) is 0.673. The average Bonchev–Trinajstić information content (AvgIpc) is 2.82. The van der Waals surface area contributed by atoms with Crippen molar-refractivity contribution in [2.24, 2.45) is 0 Å². The average molecular weight is 512 g/mol. The summed E-state index contributed by atoms with van der Waals surface area (Å²) in [5.74, 6) is -0.217. The fourth-order valence-corrected chi connectivity index (χ4v) is 5.94. The third-order valence-electron chi connectivity index (χ3n) is 6.19. The molecule has 1 saturated heterocycles. The second-order valence-corrected chi connectivity index (χ2v) is 11.3. The van der Waals surface area contributed by atoms with Gasteiger partial charge in [0.1, 0.15) is 6.54 Å². The molecule has 184 valence electrons. The predicted octanol–water partition coefficient (Wildman–Crippen LogP) is 4.81. The molecule has 1 aliphatic heterocycles. The molecule has 0 radical (unpaired) electrons. The van der Waals surface area contributed by atoms with Crippen molar-refractivity contribution in [3.63, 3.8) is 0 Å². The highest BCUT2D eigenvalue weighted by molar-refractivity contribution is 7.92. The number of aryl methyl sites for hydroxylation is 3. The molecule has 0 bridgehead atoms. The van der Waals surface area contributed by atoms with Crippen LogP contribution in [-0.4, -0.2) is 51.9 Å². The molecule has 0 N–H and O–H groups in total. The minimum Gasteiger partial charge on any atom is -0.368 e. The van der Waals surface area contributed by atoms with Gasteiger partial charge in [-0.05, 0) is 74.4 Å². The van der Waals surface area contributed by atoms with Crippen molar-refractivity contribution < 1.29 is 13.2 Å². The van der Waals surface area contributed by atoms with Crippen molar-refractivity contribution in [1.82, 2.24) is 4.90 Å². The molecule has 1 fully saturated rings. The smallest absolute Gasteiger partial charge is 0.264 e. The zero-order valence-electron chi connectivity index (χ0n) is 20.2. The highest BCUT2D eigenvalue weighted by atomic mass is 35.5. The molecule has 0 saturated carbocycles. The van der Waals surface area contributed by atoms with Gasteiger partial charge in [0.2, 0.25) is 5.91 Å². The number of sulfonamides is 1. The summed E-state index contributed by atoms with van der Waals surface area (Å²) in [6.45, 7) is 7.82. The number of anilines is 2. The van der Waals surface area contributed by atoms with E-state index in [-0.39, 0.29) is 17.3 Å². The Morgan fingerprint density at radius 2 is 1.49 bits per heavy atom. The van der Waals surface area contributed by atoms with Crippen LogP contribution in [0.2, 0.25) is 5.02 Å². The molecule has 4 rings (SSSR count). The highest BCUT2D eigenvalue weighted by Crippen LogP contribution is 2.27. The zero-order valence-corrected chi connectivity index (χ0v) is 21.8. The maximum Gasteiger partial charge on any atom is 0.264 e. The van der Waals surface area contributed by atoms with Gasteiger partial charge in [-0.15, -0.1) is 0 Å². The number of nitrogens with zero attached hydrogens (tertiary/aromatic N) is 3. The number of carbonyl (C=O) groups is 1. The number of halogens is 1. The molecule has 0 atom stereocenters. The number of hydrogen-bond acceptors (Lipinski definition) is 4. The molecule has 0 unspecified atom stereocenters. The number of rotatable bonds is 6.